The van der Waals surface area contributed by atoms with Gasteiger partial charge in [-0.15, -0.1) is 0 Å². The molecular weight excluding hydrogens is 240 g/mol. The Hall–Kier alpha value is -1.39. The van der Waals surface area contributed by atoms with E-state index in [0.717, 1.165) is 25.0 Å². The lowest BCUT2D eigenvalue weighted by Gasteiger charge is -2.30. The summed E-state index contributed by atoms with van der Waals surface area (Å²) in [5.41, 5.74) is 6.07. The van der Waals surface area contributed by atoms with Crippen LogP contribution in [0.4, 0.5) is 0 Å². The van der Waals surface area contributed by atoms with Crippen LogP contribution in [0.2, 0.25) is 0 Å². The van der Waals surface area contributed by atoms with Crippen LogP contribution in [-0.4, -0.2) is 37.1 Å². The minimum absolute atomic E-state index is 0.0748. The van der Waals surface area contributed by atoms with E-state index in [1.165, 1.54) is 0 Å². The van der Waals surface area contributed by atoms with E-state index in [-0.39, 0.29) is 12.0 Å². The van der Waals surface area contributed by atoms with Gasteiger partial charge in [0, 0.05) is 20.2 Å². The van der Waals surface area contributed by atoms with Crippen LogP contribution in [0.3, 0.4) is 0 Å². The first kappa shape index (κ1) is 14.0. The lowest BCUT2D eigenvalue weighted by molar-refractivity contribution is -0.136. The van der Waals surface area contributed by atoms with Crippen molar-refractivity contribution in [3.05, 3.63) is 35.9 Å². The molecule has 0 aliphatic carbocycles. The van der Waals surface area contributed by atoms with Gasteiger partial charge in [0.15, 0.2) is 0 Å². The van der Waals surface area contributed by atoms with Gasteiger partial charge in [-0.05, 0) is 25.3 Å². The van der Waals surface area contributed by atoms with Crippen molar-refractivity contribution < 1.29 is 9.53 Å². The summed E-state index contributed by atoms with van der Waals surface area (Å²) in [6.07, 6.45) is 2.25. The maximum absolute atomic E-state index is 12.5. The molecule has 4 heteroatoms. The van der Waals surface area contributed by atoms with Gasteiger partial charge in [0.05, 0.1) is 6.10 Å². The fourth-order valence-electron chi connectivity index (χ4n) is 2.48. The number of rotatable bonds is 4. The van der Waals surface area contributed by atoms with E-state index in [1.807, 2.05) is 30.3 Å². The zero-order chi connectivity index (χ0) is 13.9. The van der Waals surface area contributed by atoms with Crippen molar-refractivity contribution in [2.75, 3.05) is 20.2 Å². The highest BCUT2D eigenvalue weighted by Crippen LogP contribution is 2.21. The topological polar surface area (TPSA) is 55.6 Å². The third-order valence-corrected chi connectivity index (χ3v) is 3.67. The normalized spacial score (nSPS) is 21.9. The molecule has 1 fully saturated rings. The SMILES string of the molecule is CN(CC1CCCO1)C(=O)C(C)(N)c1ccccc1. The highest BCUT2D eigenvalue weighted by atomic mass is 16.5. The Bertz CT molecular complexity index is 425. The van der Waals surface area contributed by atoms with Crippen LogP contribution in [0.5, 0.6) is 0 Å². The predicted octanol–water partition coefficient (Wildman–Crippen LogP) is 1.50. The highest BCUT2D eigenvalue weighted by Gasteiger charge is 2.34. The van der Waals surface area contributed by atoms with Crippen molar-refractivity contribution in [1.82, 2.24) is 4.90 Å². The fraction of sp³-hybridized carbons (Fsp3) is 0.533. The number of carbonyl (C=O) groups excluding carboxylic acids is 1. The number of nitrogens with zero attached hydrogens (tertiary/aromatic N) is 1. The Kier molecular flexibility index (Phi) is 4.22. The van der Waals surface area contributed by atoms with E-state index in [2.05, 4.69) is 0 Å². The summed E-state index contributed by atoms with van der Waals surface area (Å²) in [5.74, 6) is -0.0748. The van der Waals surface area contributed by atoms with Gasteiger partial charge in [-0.25, -0.2) is 0 Å². The summed E-state index contributed by atoms with van der Waals surface area (Å²) in [5, 5.41) is 0. The van der Waals surface area contributed by atoms with Crippen molar-refractivity contribution in [3.8, 4) is 0 Å². The van der Waals surface area contributed by atoms with Crippen molar-refractivity contribution in [2.45, 2.75) is 31.4 Å². The lowest BCUT2D eigenvalue weighted by atomic mass is 9.91. The number of hydrogen-bond donors (Lipinski definition) is 1. The van der Waals surface area contributed by atoms with Gasteiger partial charge in [0.1, 0.15) is 5.54 Å². The quantitative estimate of drug-likeness (QED) is 0.894. The first-order valence-corrected chi connectivity index (χ1v) is 6.73. The minimum atomic E-state index is -0.991. The summed E-state index contributed by atoms with van der Waals surface area (Å²) in [4.78, 5) is 14.2. The van der Waals surface area contributed by atoms with Crippen LogP contribution in [0.15, 0.2) is 30.3 Å². The Morgan fingerprint density at radius 1 is 1.47 bits per heavy atom. The first-order chi connectivity index (χ1) is 9.01. The minimum Gasteiger partial charge on any atom is -0.376 e. The van der Waals surface area contributed by atoms with E-state index in [1.54, 1.807) is 18.9 Å². The smallest absolute Gasteiger partial charge is 0.246 e. The molecule has 1 aliphatic heterocycles. The standard InChI is InChI=1S/C15H22N2O2/c1-15(16,12-7-4-3-5-8-12)14(18)17(2)11-13-9-6-10-19-13/h3-5,7-8,13H,6,9-11,16H2,1-2H3. The average molecular weight is 262 g/mol. The molecule has 2 unspecified atom stereocenters. The van der Waals surface area contributed by atoms with Crippen molar-refractivity contribution in [2.24, 2.45) is 5.73 Å². The zero-order valence-electron chi connectivity index (χ0n) is 11.6. The van der Waals surface area contributed by atoms with Crippen LogP contribution in [0.25, 0.3) is 0 Å². The number of carbonyl (C=O) groups is 1. The molecule has 1 saturated heterocycles. The predicted molar refractivity (Wildman–Crippen MR) is 74.6 cm³/mol. The molecule has 2 N–H and O–H groups in total. The van der Waals surface area contributed by atoms with Crippen LogP contribution >= 0.6 is 0 Å². The second-order valence-electron chi connectivity index (χ2n) is 5.39. The molecule has 1 amide bonds. The van der Waals surface area contributed by atoms with Crippen LogP contribution in [0, 0.1) is 0 Å². The van der Waals surface area contributed by atoms with Gasteiger partial charge in [0.2, 0.25) is 5.91 Å². The Morgan fingerprint density at radius 3 is 2.74 bits per heavy atom. The second-order valence-corrected chi connectivity index (χ2v) is 5.39. The van der Waals surface area contributed by atoms with Crippen LogP contribution < -0.4 is 5.73 Å². The maximum atomic E-state index is 12.5. The monoisotopic (exact) mass is 262 g/mol. The molecule has 104 valence electrons. The van der Waals surface area contributed by atoms with Crippen LogP contribution in [0.1, 0.15) is 25.3 Å². The molecule has 19 heavy (non-hydrogen) atoms. The molecule has 1 aliphatic rings. The number of ether oxygens (including phenoxy) is 1. The molecule has 1 heterocycles. The largest absolute Gasteiger partial charge is 0.376 e. The Labute approximate surface area is 114 Å². The van der Waals surface area contributed by atoms with Gasteiger partial charge in [0.25, 0.3) is 0 Å². The maximum Gasteiger partial charge on any atom is 0.246 e. The summed E-state index contributed by atoms with van der Waals surface area (Å²) >= 11 is 0. The molecule has 0 spiro atoms. The fourth-order valence-corrected chi connectivity index (χ4v) is 2.48. The number of nitrogens with two attached hydrogens (primary N) is 1. The zero-order valence-corrected chi connectivity index (χ0v) is 11.6. The summed E-state index contributed by atoms with van der Waals surface area (Å²) in [6, 6.07) is 9.48. The third-order valence-electron chi connectivity index (χ3n) is 3.67. The van der Waals surface area contributed by atoms with E-state index >= 15 is 0 Å². The van der Waals surface area contributed by atoms with Gasteiger partial charge < -0.3 is 15.4 Å². The van der Waals surface area contributed by atoms with Gasteiger partial charge >= 0.3 is 0 Å². The number of likely N-dealkylation sites (N-methyl/N-ethyl adjacent to an activating group) is 1. The van der Waals surface area contributed by atoms with Crippen molar-refractivity contribution >= 4 is 5.91 Å². The molecule has 1 aromatic rings. The molecule has 1 aromatic carbocycles. The van der Waals surface area contributed by atoms with Crippen molar-refractivity contribution in [3.63, 3.8) is 0 Å². The van der Waals surface area contributed by atoms with Crippen LogP contribution in [-0.2, 0) is 15.1 Å². The third kappa shape index (κ3) is 3.14. The van der Waals surface area contributed by atoms with Crippen molar-refractivity contribution in [1.29, 1.82) is 0 Å². The second kappa shape index (κ2) is 5.72. The van der Waals surface area contributed by atoms with E-state index in [9.17, 15) is 4.79 Å². The number of amides is 1. The highest BCUT2D eigenvalue weighted by molar-refractivity contribution is 5.86. The summed E-state index contributed by atoms with van der Waals surface area (Å²) in [6.45, 7) is 3.17. The van der Waals surface area contributed by atoms with E-state index < -0.39 is 5.54 Å². The first-order valence-electron chi connectivity index (χ1n) is 6.73. The van der Waals surface area contributed by atoms with E-state index in [4.69, 9.17) is 10.5 Å². The molecule has 2 atom stereocenters. The van der Waals surface area contributed by atoms with E-state index in [0.29, 0.717) is 6.54 Å². The van der Waals surface area contributed by atoms with Gasteiger partial charge in [-0.3, -0.25) is 4.79 Å². The van der Waals surface area contributed by atoms with Gasteiger partial charge in [-0.2, -0.15) is 0 Å². The molecule has 0 saturated carbocycles. The number of benzene rings is 1. The Balaban J connectivity index is 2.04. The molecule has 4 nitrogen and oxygen atoms in total. The lowest BCUT2D eigenvalue weighted by Crippen LogP contribution is -2.51. The Morgan fingerprint density at radius 2 is 2.16 bits per heavy atom. The van der Waals surface area contributed by atoms with Gasteiger partial charge in [-0.1, -0.05) is 30.3 Å². The molecule has 2 rings (SSSR count). The summed E-state index contributed by atoms with van der Waals surface area (Å²) < 4.78 is 5.56. The average Bonchev–Trinajstić information content (AvgIpc) is 2.91. The molecule has 0 aromatic heterocycles. The number of hydrogen-bond acceptors (Lipinski definition) is 3. The molecular formula is C15H22N2O2. The summed E-state index contributed by atoms with van der Waals surface area (Å²) in [7, 11) is 1.79. The molecule has 0 radical (unpaired) electrons. The molecule has 0 bridgehead atoms.